The number of hydrogen-bond donors (Lipinski definition) is 0. The highest BCUT2D eigenvalue weighted by Crippen LogP contribution is 2.62. The van der Waals surface area contributed by atoms with E-state index in [4.69, 9.17) is 4.98 Å². The Bertz CT molecular complexity index is 3110. The van der Waals surface area contributed by atoms with E-state index in [0.717, 1.165) is 16.9 Å². The zero-order valence-electron chi connectivity index (χ0n) is 28.7. The van der Waals surface area contributed by atoms with Gasteiger partial charge in [-0.25, -0.2) is 4.98 Å². The summed E-state index contributed by atoms with van der Waals surface area (Å²) in [7, 11) is 0. The number of fused-ring (bicyclic) bond motifs is 12. The predicted octanol–water partition coefficient (Wildman–Crippen LogP) is 12.1. The highest BCUT2D eigenvalue weighted by atomic mass is 15.1. The van der Waals surface area contributed by atoms with Gasteiger partial charge in [-0.1, -0.05) is 146 Å². The Kier molecular flexibility index (Phi) is 5.70. The van der Waals surface area contributed by atoms with Gasteiger partial charge in [-0.2, -0.15) is 0 Å². The molecule has 1 atom stereocenters. The molecule has 0 bridgehead atoms. The maximum atomic E-state index is 5.32. The fourth-order valence-corrected chi connectivity index (χ4v) is 9.72. The molecule has 10 aromatic rings. The van der Waals surface area contributed by atoms with Crippen LogP contribution in [0.1, 0.15) is 22.3 Å². The van der Waals surface area contributed by atoms with Crippen molar-refractivity contribution >= 4 is 32.8 Å². The molecule has 0 radical (unpaired) electrons. The molecule has 3 heterocycles. The Morgan fingerprint density at radius 1 is 0.415 bits per heavy atom. The molecule has 0 N–H and O–H groups in total. The lowest BCUT2D eigenvalue weighted by Crippen LogP contribution is -2.33. The monoisotopic (exact) mass is 673 g/mol. The molecule has 1 aliphatic heterocycles. The summed E-state index contributed by atoms with van der Waals surface area (Å²) in [4.78, 5) is 5.32. The summed E-state index contributed by atoms with van der Waals surface area (Å²) in [6.45, 7) is 0. The van der Waals surface area contributed by atoms with Crippen LogP contribution in [0.5, 0.6) is 0 Å². The van der Waals surface area contributed by atoms with E-state index in [1.165, 1.54) is 83.2 Å². The molecule has 2 aromatic heterocycles. The topological polar surface area (TPSA) is 22.8 Å². The maximum Gasteiger partial charge on any atom is 0.145 e. The summed E-state index contributed by atoms with van der Waals surface area (Å²) < 4.78 is 4.79. The lowest BCUT2D eigenvalue weighted by Gasteiger charge is -2.39. The second kappa shape index (κ2) is 10.5. The predicted molar refractivity (Wildman–Crippen MR) is 217 cm³/mol. The van der Waals surface area contributed by atoms with Crippen molar-refractivity contribution in [3.05, 3.63) is 210 Å². The third-order valence-corrected chi connectivity index (χ3v) is 11.7. The molecule has 2 aliphatic rings. The molecule has 1 unspecified atom stereocenters. The quantitative estimate of drug-likeness (QED) is 0.183. The normalized spacial score (nSPS) is 15.2. The van der Waals surface area contributed by atoms with Crippen molar-refractivity contribution in [1.82, 2.24) is 14.1 Å². The SMILES string of the molecule is c1ccc(-c2nc3cccc4c3n2-c2ccccc2C42c3ccccc3-c3c(-c4ccc5c(c4)c4ccccc4n5-c4ccccc4)cccc32)cc1. The molecule has 1 aliphatic carbocycles. The molecule has 0 saturated carbocycles. The maximum absolute atomic E-state index is 5.32. The first-order valence-electron chi connectivity index (χ1n) is 18.3. The summed E-state index contributed by atoms with van der Waals surface area (Å²) in [5, 5.41) is 2.51. The van der Waals surface area contributed by atoms with Crippen molar-refractivity contribution in [2.45, 2.75) is 5.41 Å². The Morgan fingerprint density at radius 2 is 1.08 bits per heavy atom. The first kappa shape index (κ1) is 28.7. The Hall–Kier alpha value is -6.97. The minimum absolute atomic E-state index is 0.518. The van der Waals surface area contributed by atoms with Gasteiger partial charge in [0.25, 0.3) is 0 Å². The van der Waals surface area contributed by atoms with Crippen molar-refractivity contribution < 1.29 is 0 Å². The summed E-state index contributed by atoms with van der Waals surface area (Å²) >= 11 is 0. The van der Waals surface area contributed by atoms with E-state index in [1.54, 1.807) is 0 Å². The molecule has 53 heavy (non-hydrogen) atoms. The summed E-state index contributed by atoms with van der Waals surface area (Å²) in [6.07, 6.45) is 0. The molecule has 0 saturated heterocycles. The molecular weight excluding hydrogens is 643 g/mol. The molecule has 3 nitrogen and oxygen atoms in total. The first-order chi connectivity index (χ1) is 26.3. The fourth-order valence-electron chi connectivity index (χ4n) is 9.72. The second-order valence-electron chi connectivity index (χ2n) is 14.3. The van der Waals surface area contributed by atoms with Crippen LogP contribution in [0.15, 0.2) is 188 Å². The van der Waals surface area contributed by atoms with Crippen LogP contribution in [0.25, 0.3) is 77.9 Å². The molecule has 8 aromatic carbocycles. The van der Waals surface area contributed by atoms with E-state index in [1.807, 2.05) is 0 Å². The van der Waals surface area contributed by atoms with Crippen LogP contribution < -0.4 is 0 Å². The molecule has 12 rings (SSSR count). The minimum Gasteiger partial charge on any atom is -0.309 e. The van der Waals surface area contributed by atoms with Gasteiger partial charge in [-0.05, 0) is 87.0 Å². The van der Waals surface area contributed by atoms with Crippen LogP contribution in [-0.4, -0.2) is 14.1 Å². The van der Waals surface area contributed by atoms with Crippen molar-refractivity contribution in [3.63, 3.8) is 0 Å². The van der Waals surface area contributed by atoms with Gasteiger partial charge < -0.3 is 4.57 Å². The number of imidazole rings is 1. The smallest absolute Gasteiger partial charge is 0.145 e. The number of aromatic nitrogens is 3. The number of nitrogens with zero attached hydrogens (tertiary/aromatic N) is 3. The van der Waals surface area contributed by atoms with E-state index in [-0.39, 0.29) is 0 Å². The van der Waals surface area contributed by atoms with E-state index in [9.17, 15) is 0 Å². The number of para-hydroxylation sites is 4. The lowest BCUT2D eigenvalue weighted by atomic mass is 9.65. The molecule has 246 valence electrons. The zero-order chi connectivity index (χ0) is 34.7. The lowest BCUT2D eigenvalue weighted by molar-refractivity contribution is 0.746. The minimum atomic E-state index is -0.518. The highest BCUT2D eigenvalue weighted by molar-refractivity contribution is 6.11. The average molecular weight is 674 g/mol. The second-order valence-corrected chi connectivity index (χ2v) is 14.3. The number of rotatable bonds is 3. The van der Waals surface area contributed by atoms with Crippen LogP contribution in [0.3, 0.4) is 0 Å². The van der Waals surface area contributed by atoms with Crippen LogP contribution >= 0.6 is 0 Å². The molecule has 1 spiro atoms. The Balaban J connectivity index is 1.16. The van der Waals surface area contributed by atoms with Crippen molar-refractivity contribution in [3.8, 4) is 45.0 Å². The summed E-state index contributed by atoms with van der Waals surface area (Å²) in [5.74, 6) is 0.971. The van der Waals surface area contributed by atoms with Gasteiger partial charge in [0.1, 0.15) is 5.82 Å². The Labute approximate surface area is 306 Å². The van der Waals surface area contributed by atoms with Crippen molar-refractivity contribution in [1.29, 1.82) is 0 Å². The third-order valence-electron chi connectivity index (χ3n) is 11.7. The van der Waals surface area contributed by atoms with Gasteiger partial charge in [0, 0.05) is 22.0 Å². The fraction of sp³-hybridized carbons (Fsp3) is 0.0200. The average Bonchev–Trinajstić information content (AvgIpc) is 3.88. The molecule has 3 heteroatoms. The largest absolute Gasteiger partial charge is 0.309 e. The molecule has 0 amide bonds. The standard InChI is InChI=1S/C50H31N3/c1-3-15-32(16-4-1)49-51-43-26-14-25-42-48(43)53(49)46-28-12-10-23-40(46)50(42)39-22-9-7-20-37(39)47-35(21-13-24-41(47)50)33-29-30-45-38(31-33)36-19-8-11-27-44(36)52(45)34-17-5-2-6-18-34/h1-31H. The van der Waals surface area contributed by atoms with Crippen LogP contribution in [0, 0.1) is 0 Å². The Morgan fingerprint density at radius 3 is 1.96 bits per heavy atom. The highest BCUT2D eigenvalue weighted by Gasteiger charge is 2.51. The van der Waals surface area contributed by atoms with Gasteiger partial charge in [-0.3, -0.25) is 4.57 Å². The van der Waals surface area contributed by atoms with Gasteiger partial charge in [0.15, 0.2) is 0 Å². The van der Waals surface area contributed by atoms with E-state index < -0.39 is 5.41 Å². The van der Waals surface area contributed by atoms with Crippen LogP contribution in [-0.2, 0) is 5.41 Å². The number of benzene rings is 8. The third kappa shape index (κ3) is 3.66. The molecule has 0 fully saturated rings. The summed E-state index contributed by atoms with van der Waals surface area (Å²) in [6, 6.07) is 68.9. The van der Waals surface area contributed by atoms with Gasteiger partial charge in [-0.15, -0.1) is 0 Å². The number of hydrogen-bond acceptors (Lipinski definition) is 1. The van der Waals surface area contributed by atoms with Crippen LogP contribution in [0.4, 0.5) is 0 Å². The summed E-state index contributed by atoms with van der Waals surface area (Å²) in [5.41, 5.74) is 17.8. The van der Waals surface area contributed by atoms with Crippen LogP contribution in [0.2, 0.25) is 0 Å². The van der Waals surface area contributed by atoms with Gasteiger partial charge in [0.05, 0.1) is 33.2 Å². The zero-order valence-corrected chi connectivity index (χ0v) is 28.7. The first-order valence-corrected chi connectivity index (χ1v) is 18.3. The van der Waals surface area contributed by atoms with E-state index >= 15 is 0 Å². The van der Waals surface area contributed by atoms with E-state index in [2.05, 4.69) is 197 Å². The van der Waals surface area contributed by atoms with E-state index in [0.29, 0.717) is 0 Å². The van der Waals surface area contributed by atoms with Crippen molar-refractivity contribution in [2.24, 2.45) is 0 Å². The molecular formula is C50H31N3. The van der Waals surface area contributed by atoms with Gasteiger partial charge >= 0.3 is 0 Å². The van der Waals surface area contributed by atoms with Gasteiger partial charge in [0.2, 0.25) is 0 Å². The van der Waals surface area contributed by atoms with Crippen molar-refractivity contribution in [2.75, 3.05) is 0 Å².